The molecule has 1 aliphatic rings. The molecule has 2 heterocycles. The van der Waals surface area contributed by atoms with Gasteiger partial charge in [0.1, 0.15) is 0 Å². The number of aromatic nitrogens is 3. The third-order valence-electron chi connectivity index (χ3n) is 4.82. The fourth-order valence-electron chi connectivity index (χ4n) is 3.08. The molecule has 4 aromatic rings. The summed E-state index contributed by atoms with van der Waals surface area (Å²) in [7, 11) is 0. The van der Waals surface area contributed by atoms with Gasteiger partial charge < -0.3 is 4.42 Å². The second-order valence-corrected chi connectivity index (χ2v) is 8.02. The van der Waals surface area contributed by atoms with E-state index in [0.717, 1.165) is 22.4 Å². The minimum atomic E-state index is -0.181. The Balaban J connectivity index is 1.30. The Morgan fingerprint density at radius 3 is 2.55 bits per heavy atom. The van der Waals surface area contributed by atoms with Crippen molar-refractivity contribution in [2.75, 3.05) is 5.32 Å². The Kier molecular flexibility index (Phi) is 4.44. The number of carbonyl (C=O) groups is 1. The third kappa shape index (κ3) is 3.82. The summed E-state index contributed by atoms with van der Waals surface area (Å²) in [6, 6.07) is 15.0. The van der Waals surface area contributed by atoms with Crippen molar-refractivity contribution >= 4 is 22.4 Å². The zero-order chi connectivity index (χ0) is 19.8. The summed E-state index contributed by atoms with van der Waals surface area (Å²) >= 11 is 1.47. The van der Waals surface area contributed by atoms with Crippen LogP contribution in [0, 0.1) is 6.92 Å². The van der Waals surface area contributed by atoms with Crippen LogP contribution >= 0.6 is 11.3 Å². The number of nitrogens with zero attached hydrogens (tertiary/aromatic N) is 3. The van der Waals surface area contributed by atoms with Crippen molar-refractivity contribution in [3.63, 3.8) is 0 Å². The predicted octanol–water partition coefficient (Wildman–Crippen LogP) is 5.30. The van der Waals surface area contributed by atoms with Crippen LogP contribution in [0.25, 0.3) is 22.9 Å². The summed E-state index contributed by atoms with van der Waals surface area (Å²) in [4.78, 5) is 17.0. The van der Waals surface area contributed by atoms with Crippen molar-refractivity contribution in [3.05, 3.63) is 70.7 Å². The first-order valence-electron chi connectivity index (χ1n) is 9.43. The van der Waals surface area contributed by atoms with Crippen molar-refractivity contribution in [3.8, 4) is 22.9 Å². The van der Waals surface area contributed by atoms with Crippen molar-refractivity contribution in [1.29, 1.82) is 0 Å². The molecule has 2 aromatic carbocycles. The molecule has 0 spiro atoms. The molecule has 0 bridgehead atoms. The summed E-state index contributed by atoms with van der Waals surface area (Å²) in [5, 5.41) is 13.8. The SMILES string of the molecule is Cc1cccc(-c2nnc(-c3ccc(C(=O)Nc4nc(C5CC5)cs4)cc3)o2)c1. The van der Waals surface area contributed by atoms with E-state index in [-0.39, 0.29) is 5.91 Å². The summed E-state index contributed by atoms with van der Waals surface area (Å²) in [6.07, 6.45) is 2.39. The molecule has 29 heavy (non-hydrogen) atoms. The van der Waals surface area contributed by atoms with Gasteiger partial charge in [0.15, 0.2) is 5.13 Å². The number of amides is 1. The van der Waals surface area contributed by atoms with Gasteiger partial charge in [0, 0.05) is 28.0 Å². The molecule has 0 radical (unpaired) electrons. The average Bonchev–Trinajstić information content (AvgIpc) is 3.28. The van der Waals surface area contributed by atoms with Gasteiger partial charge in [-0.3, -0.25) is 10.1 Å². The van der Waals surface area contributed by atoms with Crippen LogP contribution in [-0.2, 0) is 0 Å². The highest BCUT2D eigenvalue weighted by atomic mass is 32.1. The van der Waals surface area contributed by atoms with Crippen LogP contribution in [0.3, 0.4) is 0 Å². The van der Waals surface area contributed by atoms with E-state index in [2.05, 4.69) is 20.5 Å². The van der Waals surface area contributed by atoms with Crippen molar-refractivity contribution < 1.29 is 9.21 Å². The standard InChI is InChI=1S/C22H18N4O2S/c1-13-3-2-4-17(11-13)21-26-25-20(28-21)16-9-7-15(8-10-16)19(27)24-22-23-18(12-29-22)14-5-6-14/h2-4,7-12,14H,5-6H2,1H3,(H,23,24,27). The molecule has 1 fully saturated rings. The fraction of sp³-hybridized carbons (Fsp3) is 0.182. The molecule has 144 valence electrons. The van der Waals surface area contributed by atoms with Crippen LogP contribution in [0.5, 0.6) is 0 Å². The van der Waals surface area contributed by atoms with E-state index in [1.807, 2.05) is 36.6 Å². The predicted molar refractivity (Wildman–Crippen MR) is 112 cm³/mol. The van der Waals surface area contributed by atoms with Gasteiger partial charge in [-0.1, -0.05) is 17.7 Å². The van der Waals surface area contributed by atoms with Crippen LogP contribution in [0.4, 0.5) is 5.13 Å². The Labute approximate surface area is 171 Å². The van der Waals surface area contributed by atoms with E-state index < -0.39 is 0 Å². The van der Waals surface area contributed by atoms with Crippen molar-refractivity contribution in [2.45, 2.75) is 25.7 Å². The topological polar surface area (TPSA) is 80.9 Å². The average molecular weight is 402 g/mol. The Morgan fingerprint density at radius 2 is 1.83 bits per heavy atom. The minimum Gasteiger partial charge on any atom is -0.416 e. The lowest BCUT2D eigenvalue weighted by Gasteiger charge is -2.02. The normalized spacial score (nSPS) is 13.4. The van der Waals surface area contributed by atoms with E-state index in [9.17, 15) is 4.79 Å². The van der Waals surface area contributed by atoms with Crippen molar-refractivity contribution in [1.82, 2.24) is 15.2 Å². The lowest BCUT2D eigenvalue weighted by atomic mass is 10.1. The highest BCUT2D eigenvalue weighted by molar-refractivity contribution is 7.14. The zero-order valence-corrected chi connectivity index (χ0v) is 16.6. The maximum atomic E-state index is 12.5. The monoisotopic (exact) mass is 402 g/mol. The van der Waals surface area contributed by atoms with E-state index in [4.69, 9.17) is 4.42 Å². The molecule has 0 aliphatic heterocycles. The molecule has 1 amide bonds. The van der Waals surface area contributed by atoms with Gasteiger partial charge in [-0.25, -0.2) is 4.98 Å². The molecule has 1 saturated carbocycles. The first-order chi connectivity index (χ1) is 14.2. The smallest absolute Gasteiger partial charge is 0.257 e. The maximum absolute atomic E-state index is 12.5. The number of nitrogens with one attached hydrogen (secondary N) is 1. The number of hydrogen-bond donors (Lipinski definition) is 1. The third-order valence-corrected chi connectivity index (χ3v) is 5.60. The molecule has 1 aliphatic carbocycles. The number of benzene rings is 2. The van der Waals surface area contributed by atoms with Gasteiger partial charge >= 0.3 is 0 Å². The summed E-state index contributed by atoms with van der Waals surface area (Å²) in [5.74, 6) is 1.29. The van der Waals surface area contributed by atoms with Crippen LogP contribution in [0.2, 0.25) is 0 Å². The Morgan fingerprint density at radius 1 is 1.07 bits per heavy atom. The molecule has 0 atom stereocenters. The number of anilines is 1. The molecule has 0 unspecified atom stereocenters. The second-order valence-electron chi connectivity index (χ2n) is 7.17. The van der Waals surface area contributed by atoms with Crippen LogP contribution in [0.1, 0.15) is 40.4 Å². The van der Waals surface area contributed by atoms with Crippen molar-refractivity contribution in [2.24, 2.45) is 0 Å². The van der Waals surface area contributed by atoms with Crippen LogP contribution < -0.4 is 5.32 Å². The molecular formula is C22H18N4O2S. The van der Waals surface area contributed by atoms with Crippen LogP contribution in [0.15, 0.2) is 58.3 Å². The quantitative estimate of drug-likeness (QED) is 0.490. The lowest BCUT2D eigenvalue weighted by molar-refractivity contribution is 0.102. The Hall–Kier alpha value is -3.32. The van der Waals surface area contributed by atoms with E-state index in [1.165, 1.54) is 24.2 Å². The molecule has 0 saturated heterocycles. The Bertz CT molecular complexity index is 1180. The molecule has 7 heteroatoms. The minimum absolute atomic E-state index is 0.181. The highest BCUT2D eigenvalue weighted by Gasteiger charge is 2.26. The second kappa shape index (κ2) is 7.25. The van der Waals surface area contributed by atoms with E-state index in [1.54, 1.807) is 24.3 Å². The van der Waals surface area contributed by atoms with Gasteiger partial charge in [-0.2, -0.15) is 0 Å². The molecule has 6 nitrogen and oxygen atoms in total. The first-order valence-corrected chi connectivity index (χ1v) is 10.3. The number of thiazole rings is 1. The summed E-state index contributed by atoms with van der Waals surface area (Å²) in [5.41, 5.74) is 4.41. The molecule has 5 rings (SSSR count). The maximum Gasteiger partial charge on any atom is 0.257 e. The number of hydrogen-bond acceptors (Lipinski definition) is 6. The van der Waals surface area contributed by atoms with Crippen LogP contribution in [-0.4, -0.2) is 21.1 Å². The molecule has 2 aromatic heterocycles. The summed E-state index contributed by atoms with van der Waals surface area (Å²) < 4.78 is 5.81. The number of carbonyl (C=O) groups excluding carboxylic acids is 1. The number of rotatable bonds is 5. The molecular weight excluding hydrogens is 384 g/mol. The van der Waals surface area contributed by atoms with Gasteiger partial charge in [0.2, 0.25) is 11.8 Å². The summed E-state index contributed by atoms with van der Waals surface area (Å²) in [6.45, 7) is 2.02. The number of aryl methyl sites for hydroxylation is 1. The van der Waals surface area contributed by atoms with Gasteiger partial charge in [0.05, 0.1) is 5.69 Å². The largest absolute Gasteiger partial charge is 0.416 e. The zero-order valence-electron chi connectivity index (χ0n) is 15.8. The highest BCUT2D eigenvalue weighted by Crippen LogP contribution is 2.40. The molecule has 1 N–H and O–H groups in total. The van der Waals surface area contributed by atoms with E-state index in [0.29, 0.717) is 28.4 Å². The lowest BCUT2D eigenvalue weighted by Crippen LogP contribution is -2.11. The van der Waals surface area contributed by atoms with Gasteiger partial charge in [-0.15, -0.1) is 21.5 Å². The van der Waals surface area contributed by atoms with Gasteiger partial charge in [-0.05, 0) is 56.2 Å². The van der Waals surface area contributed by atoms with Gasteiger partial charge in [0.25, 0.3) is 5.91 Å². The fourth-order valence-corrected chi connectivity index (χ4v) is 3.87. The van der Waals surface area contributed by atoms with E-state index >= 15 is 0 Å². The first kappa shape index (κ1) is 17.8.